The van der Waals surface area contributed by atoms with E-state index in [1.807, 2.05) is 37.3 Å². The zero-order valence-corrected chi connectivity index (χ0v) is 14.6. The van der Waals surface area contributed by atoms with Crippen LogP contribution in [0, 0.1) is 0 Å². The van der Waals surface area contributed by atoms with Gasteiger partial charge in [0.2, 0.25) is 5.95 Å². The van der Waals surface area contributed by atoms with Gasteiger partial charge in [-0.1, -0.05) is 30.3 Å². The average molecular weight is 366 g/mol. The van der Waals surface area contributed by atoms with E-state index in [-0.39, 0.29) is 11.5 Å². The van der Waals surface area contributed by atoms with Gasteiger partial charge in [0.05, 0.1) is 11.3 Å². The highest BCUT2D eigenvalue weighted by atomic mass is 16.4. The molecular weight excluding hydrogens is 348 g/mol. The van der Waals surface area contributed by atoms with Crippen molar-refractivity contribution in [2.75, 3.05) is 11.4 Å². The molecule has 0 spiro atoms. The van der Waals surface area contributed by atoms with Gasteiger partial charge in [0.15, 0.2) is 0 Å². The summed E-state index contributed by atoms with van der Waals surface area (Å²) < 4.78 is 1.26. The zero-order chi connectivity index (χ0) is 19.4. The van der Waals surface area contributed by atoms with E-state index in [1.165, 1.54) is 28.8 Å². The van der Waals surface area contributed by atoms with Crippen LogP contribution in [0.3, 0.4) is 0 Å². The Morgan fingerprint density at radius 2 is 1.78 bits per heavy atom. The number of carboxylic acid groups (broad SMARTS) is 1. The van der Waals surface area contributed by atoms with E-state index in [0.29, 0.717) is 18.8 Å². The van der Waals surface area contributed by atoms with Crippen molar-refractivity contribution in [3.8, 4) is 5.69 Å². The summed E-state index contributed by atoms with van der Waals surface area (Å²) in [5.41, 5.74) is 0.138. The number of nitrogens with one attached hydrogen (secondary N) is 1. The highest BCUT2D eigenvalue weighted by Gasteiger charge is 2.17. The molecule has 2 N–H and O–H groups in total. The van der Waals surface area contributed by atoms with E-state index >= 15 is 0 Å². The molecule has 0 aliphatic carbocycles. The molecular formula is C19H18N4O4. The van der Waals surface area contributed by atoms with Gasteiger partial charge in [-0.2, -0.15) is 4.98 Å². The molecule has 27 heavy (non-hydrogen) atoms. The minimum Gasteiger partial charge on any atom is -0.478 e. The first kappa shape index (κ1) is 18.1. The maximum atomic E-state index is 12.5. The summed E-state index contributed by atoms with van der Waals surface area (Å²) in [5.74, 6) is -0.869. The summed E-state index contributed by atoms with van der Waals surface area (Å²) in [4.78, 5) is 43.3. The Labute approximate surface area is 154 Å². The third-order valence-electron chi connectivity index (χ3n) is 4.07. The first-order valence-corrected chi connectivity index (χ1v) is 8.35. The molecule has 0 saturated carbocycles. The molecule has 0 aliphatic heterocycles. The summed E-state index contributed by atoms with van der Waals surface area (Å²) in [6, 6.07) is 15.4. The van der Waals surface area contributed by atoms with Crippen LogP contribution in [0.15, 0.2) is 64.2 Å². The van der Waals surface area contributed by atoms with Gasteiger partial charge in [-0.3, -0.25) is 4.98 Å². The number of hydrogen-bond acceptors (Lipinski definition) is 5. The van der Waals surface area contributed by atoms with Gasteiger partial charge in [0, 0.05) is 13.1 Å². The second-order valence-corrected chi connectivity index (χ2v) is 5.83. The Morgan fingerprint density at radius 1 is 1.11 bits per heavy atom. The van der Waals surface area contributed by atoms with Gasteiger partial charge in [0.25, 0.3) is 0 Å². The third kappa shape index (κ3) is 3.95. The van der Waals surface area contributed by atoms with Crippen molar-refractivity contribution in [3.05, 3.63) is 86.7 Å². The van der Waals surface area contributed by atoms with Gasteiger partial charge >= 0.3 is 17.3 Å². The first-order chi connectivity index (χ1) is 13.0. The number of aromatic amines is 1. The third-order valence-corrected chi connectivity index (χ3v) is 4.07. The quantitative estimate of drug-likeness (QED) is 0.687. The summed E-state index contributed by atoms with van der Waals surface area (Å²) in [6.07, 6.45) is 0. The predicted octanol–water partition coefficient (Wildman–Crippen LogP) is 1.65. The molecule has 0 amide bonds. The molecule has 0 unspecified atom stereocenters. The summed E-state index contributed by atoms with van der Waals surface area (Å²) in [6.45, 7) is 2.87. The monoisotopic (exact) mass is 366 g/mol. The van der Waals surface area contributed by atoms with E-state index < -0.39 is 17.3 Å². The second-order valence-electron chi connectivity index (χ2n) is 5.83. The van der Waals surface area contributed by atoms with Crippen molar-refractivity contribution in [1.29, 1.82) is 0 Å². The smallest absolute Gasteiger partial charge is 0.352 e. The van der Waals surface area contributed by atoms with Crippen LogP contribution < -0.4 is 16.3 Å². The SMILES string of the molecule is CCN(Cc1ccccc1)c1nc(=O)[nH]c(=O)n1-c1ccc(C(=O)O)cc1. The first-order valence-electron chi connectivity index (χ1n) is 8.35. The van der Waals surface area contributed by atoms with Crippen molar-refractivity contribution in [2.45, 2.75) is 13.5 Å². The van der Waals surface area contributed by atoms with Crippen molar-refractivity contribution >= 4 is 11.9 Å². The fraction of sp³-hybridized carbons (Fsp3) is 0.158. The van der Waals surface area contributed by atoms with E-state index in [1.54, 1.807) is 4.90 Å². The number of aromatic carboxylic acids is 1. The fourth-order valence-corrected chi connectivity index (χ4v) is 2.73. The number of hydrogen-bond donors (Lipinski definition) is 2. The lowest BCUT2D eigenvalue weighted by atomic mass is 10.2. The molecule has 0 aliphatic rings. The number of benzene rings is 2. The van der Waals surface area contributed by atoms with Gasteiger partial charge in [0.1, 0.15) is 0 Å². The molecule has 3 aromatic rings. The average Bonchev–Trinajstić information content (AvgIpc) is 2.66. The summed E-state index contributed by atoms with van der Waals surface area (Å²) >= 11 is 0. The Kier molecular flexibility index (Phi) is 5.16. The molecule has 138 valence electrons. The van der Waals surface area contributed by atoms with Crippen LogP contribution in [0.4, 0.5) is 5.95 Å². The maximum absolute atomic E-state index is 12.5. The van der Waals surface area contributed by atoms with E-state index in [2.05, 4.69) is 9.97 Å². The molecule has 8 heteroatoms. The molecule has 0 saturated heterocycles. The highest BCUT2D eigenvalue weighted by molar-refractivity contribution is 5.87. The topological polar surface area (TPSA) is 108 Å². The van der Waals surface area contributed by atoms with Crippen LogP contribution in [-0.2, 0) is 6.54 Å². The Morgan fingerprint density at radius 3 is 2.37 bits per heavy atom. The van der Waals surface area contributed by atoms with Crippen molar-refractivity contribution < 1.29 is 9.90 Å². The molecule has 0 bridgehead atoms. The minimum atomic E-state index is -1.06. The van der Waals surface area contributed by atoms with Crippen LogP contribution in [0.2, 0.25) is 0 Å². The summed E-state index contributed by atoms with van der Waals surface area (Å²) in [5, 5.41) is 9.05. The van der Waals surface area contributed by atoms with Gasteiger partial charge < -0.3 is 10.0 Å². The highest BCUT2D eigenvalue weighted by Crippen LogP contribution is 2.17. The van der Waals surface area contributed by atoms with E-state index in [4.69, 9.17) is 5.11 Å². The normalized spacial score (nSPS) is 10.6. The molecule has 0 atom stereocenters. The lowest BCUT2D eigenvalue weighted by Crippen LogP contribution is -2.38. The van der Waals surface area contributed by atoms with Gasteiger partial charge in [-0.15, -0.1) is 0 Å². The van der Waals surface area contributed by atoms with Crippen LogP contribution in [0.5, 0.6) is 0 Å². The molecule has 8 nitrogen and oxygen atoms in total. The lowest BCUT2D eigenvalue weighted by molar-refractivity contribution is 0.0697. The Balaban J connectivity index is 2.10. The van der Waals surface area contributed by atoms with Crippen LogP contribution in [0.25, 0.3) is 5.69 Å². The summed E-state index contributed by atoms with van der Waals surface area (Å²) in [7, 11) is 0. The molecule has 1 heterocycles. The second kappa shape index (κ2) is 7.69. The van der Waals surface area contributed by atoms with Crippen molar-refractivity contribution in [3.63, 3.8) is 0 Å². The number of H-pyrrole nitrogens is 1. The van der Waals surface area contributed by atoms with Gasteiger partial charge in [-0.25, -0.2) is 19.0 Å². The molecule has 2 aromatic carbocycles. The van der Waals surface area contributed by atoms with E-state index in [9.17, 15) is 14.4 Å². The van der Waals surface area contributed by atoms with Gasteiger partial charge in [-0.05, 0) is 36.8 Å². The number of nitrogens with zero attached hydrogens (tertiary/aromatic N) is 3. The Hall–Kier alpha value is -3.68. The molecule has 0 radical (unpaired) electrons. The Bertz CT molecular complexity index is 1060. The number of anilines is 1. The number of carboxylic acids is 1. The van der Waals surface area contributed by atoms with Crippen molar-refractivity contribution in [2.24, 2.45) is 0 Å². The van der Waals surface area contributed by atoms with Crippen LogP contribution in [-0.4, -0.2) is 32.2 Å². The number of rotatable bonds is 6. The minimum absolute atomic E-state index is 0.0994. The van der Waals surface area contributed by atoms with E-state index in [0.717, 1.165) is 5.56 Å². The largest absolute Gasteiger partial charge is 0.478 e. The van der Waals surface area contributed by atoms with Crippen LogP contribution in [0.1, 0.15) is 22.8 Å². The van der Waals surface area contributed by atoms with Crippen molar-refractivity contribution in [1.82, 2.24) is 14.5 Å². The molecule has 0 fully saturated rings. The molecule has 3 rings (SSSR count). The molecule has 1 aromatic heterocycles. The lowest BCUT2D eigenvalue weighted by Gasteiger charge is -2.24. The predicted molar refractivity (Wildman–Crippen MR) is 101 cm³/mol. The maximum Gasteiger partial charge on any atom is 0.352 e. The zero-order valence-electron chi connectivity index (χ0n) is 14.6. The fourth-order valence-electron chi connectivity index (χ4n) is 2.73. The standard InChI is InChI=1S/C19H18N4O4/c1-2-22(12-13-6-4-3-5-7-13)18-20-17(26)21-19(27)23(18)15-10-8-14(9-11-15)16(24)25/h3-11H,2,12H2,1H3,(H,24,25)(H,21,26,27). The van der Waals surface area contributed by atoms with Crippen LogP contribution >= 0.6 is 0 Å². The number of aromatic nitrogens is 3. The number of carbonyl (C=O) groups is 1.